The molecule has 28 heavy (non-hydrogen) atoms. The number of hydrogen-bond donors (Lipinski definition) is 0. The minimum atomic E-state index is 0.879. The molecule has 0 heterocycles. The maximum Gasteiger partial charge on any atom is 0.119 e. The molecule has 0 atom stereocenters. The molecular formula is C27H20O. The van der Waals surface area contributed by atoms with Gasteiger partial charge in [0, 0.05) is 0 Å². The van der Waals surface area contributed by atoms with Crippen molar-refractivity contribution in [1.82, 2.24) is 0 Å². The van der Waals surface area contributed by atoms with E-state index in [4.69, 9.17) is 4.74 Å². The van der Waals surface area contributed by atoms with Gasteiger partial charge in [0.25, 0.3) is 0 Å². The summed E-state index contributed by atoms with van der Waals surface area (Å²) in [6, 6.07) is 36.4. The summed E-state index contributed by atoms with van der Waals surface area (Å²) in [4.78, 5) is 0. The van der Waals surface area contributed by atoms with Crippen molar-refractivity contribution in [3.05, 3.63) is 103 Å². The van der Waals surface area contributed by atoms with E-state index in [0.29, 0.717) is 0 Å². The van der Waals surface area contributed by atoms with Crippen molar-refractivity contribution in [3.63, 3.8) is 0 Å². The number of fused-ring (bicyclic) bond motifs is 3. The fraction of sp³-hybridized carbons (Fsp3) is 0.0370. The topological polar surface area (TPSA) is 9.23 Å². The van der Waals surface area contributed by atoms with Crippen LogP contribution >= 0.6 is 0 Å². The molecule has 5 aromatic rings. The lowest BCUT2D eigenvalue weighted by molar-refractivity contribution is 0.415. The van der Waals surface area contributed by atoms with Gasteiger partial charge in [-0.1, -0.05) is 91.0 Å². The van der Waals surface area contributed by atoms with Gasteiger partial charge in [0.05, 0.1) is 7.11 Å². The zero-order valence-corrected chi connectivity index (χ0v) is 15.7. The first-order valence-electron chi connectivity index (χ1n) is 9.50. The van der Waals surface area contributed by atoms with Gasteiger partial charge in [0.1, 0.15) is 5.75 Å². The van der Waals surface area contributed by atoms with Crippen molar-refractivity contribution in [2.75, 3.05) is 7.11 Å². The Kier molecular flexibility index (Phi) is 4.06. The van der Waals surface area contributed by atoms with Crippen molar-refractivity contribution in [3.8, 4) is 28.0 Å². The lowest BCUT2D eigenvalue weighted by Gasteiger charge is -2.19. The third-order valence-electron chi connectivity index (χ3n) is 5.36. The summed E-state index contributed by atoms with van der Waals surface area (Å²) in [6.07, 6.45) is 0. The molecule has 0 aliphatic rings. The average molecular weight is 360 g/mol. The van der Waals surface area contributed by atoms with E-state index in [0.717, 1.165) is 5.75 Å². The van der Waals surface area contributed by atoms with Gasteiger partial charge in [-0.3, -0.25) is 0 Å². The number of benzene rings is 5. The minimum absolute atomic E-state index is 0.879. The summed E-state index contributed by atoms with van der Waals surface area (Å²) < 4.78 is 5.53. The van der Waals surface area contributed by atoms with Crippen molar-refractivity contribution in [1.29, 1.82) is 0 Å². The summed E-state index contributed by atoms with van der Waals surface area (Å²) in [7, 11) is 1.72. The number of rotatable bonds is 3. The SMILES string of the molecule is COc1ccc2c(-c3ccccc3)c(-c3ccccc3)c3ccccc3c2c1. The monoisotopic (exact) mass is 360 g/mol. The van der Waals surface area contributed by atoms with Crippen LogP contribution in [0.5, 0.6) is 5.75 Å². The van der Waals surface area contributed by atoms with Gasteiger partial charge in [0.15, 0.2) is 0 Å². The molecule has 0 unspecified atom stereocenters. The highest BCUT2D eigenvalue weighted by Crippen LogP contribution is 2.45. The van der Waals surface area contributed by atoms with Crippen LogP contribution in [0.15, 0.2) is 103 Å². The molecule has 134 valence electrons. The second kappa shape index (κ2) is 6.86. The number of ether oxygens (including phenoxy) is 1. The van der Waals surface area contributed by atoms with Crippen LogP contribution in [0.3, 0.4) is 0 Å². The predicted molar refractivity (Wildman–Crippen MR) is 119 cm³/mol. The number of hydrogen-bond acceptors (Lipinski definition) is 1. The van der Waals surface area contributed by atoms with E-state index in [-0.39, 0.29) is 0 Å². The molecule has 0 saturated heterocycles. The van der Waals surface area contributed by atoms with Crippen molar-refractivity contribution in [2.24, 2.45) is 0 Å². The van der Waals surface area contributed by atoms with E-state index in [1.165, 1.54) is 43.8 Å². The van der Waals surface area contributed by atoms with Gasteiger partial charge < -0.3 is 4.74 Å². The fourth-order valence-corrected chi connectivity index (χ4v) is 4.11. The zero-order chi connectivity index (χ0) is 18.9. The lowest BCUT2D eigenvalue weighted by Crippen LogP contribution is -1.92. The van der Waals surface area contributed by atoms with Gasteiger partial charge in [0.2, 0.25) is 0 Å². The van der Waals surface area contributed by atoms with Gasteiger partial charge in [-0.15, -0.1) is 0 Å². The average Bonchev–Trinajstić information content (AvgIpc) is 2.79. The van der Waals surface area contributed by atoms with Crippen LogP contribution in [0.1, 0.15) is 0 Å². The molecule has 0 aromatic heterocycles. The minimum Gasteiger partial charge on any atom is -0.497 e. The second-order valence-corrected chi connectivity index (χ2v) is 6.94. The molecule has 1 nitrogen and oxygen atoms in total. The Hall–Kier alpha value is -3.58. The van der Waals surface area contributed by atoms with Crippen LogP contribution in [0, 0.1) is 0 Å². The third-order valence-corrected chi connectivity index (χ3v) is 5.36. The highest BCUT2D eigenvalue weighted by molar-refractivity contribution is 6.21. The van der Waals surface area contributed by atoms with Crippen LogP contribution in [-0.4, -0.2) is 7.11 Å². The van der Waals surface area contributed by atoms with Crippen LogP contribution < -0.4 is 4.74 Å². The summed E-state index contributed by atoms with van der Waals surface area (Å²) in [5.41, 5.74) is 5.00. The van der Waals surface area contributed by atoms with Gasteiger partial charge in [-0.25, -0.2) is 0 Å². The van der Waals surface area contributed by atoms with Gasteiger partial charge >= 0.3 is 0 Å². The molecule has 0 bridgehead atoms. The normalized spacial score (nSPS) is 11.0. The molecule has 0 aliphatic carbocycles. The molecule has 0 spiro atoms. The van der Waals surface area contributed by atoms with E-state index in [9.17, 15) is 0 Å². The van der Waals surface area contributed by atoms with Crippen LogP contribution in [0.25, 0.3) is 43.8 Å². The van der Waals surface area contributed by atoms with E-state index in [1.807, 2.05) is 0 Å². The Balaban J connectivity index is 2.03. The Bertz CT molecular complexity index is 1270. The zero-order valence-electron chi connectivity index (χ0n) is 15.7. The van der Waals surface area contributed by atoms with Crippen molar-refractivity contribution < 1.29 is 4.74 Å². The fourth-order valence-electron chi connectivity index (χ4n) is 4.11. The first kappa shape index (κ1) is 16.6. The molecule has 0 aliphatic heterocycles. The molecule has 0 amide bonds. The number of methoxy groups -OCH3 is 1. The van der Waals surface area contributed by atoms with Crippen molar-refractivity contribution in [2.45, 2.75) is 0 Å². The molecule has 0 N–H and O–H groups in total. The van der Waals surface area contributed by atoms with E-state index in [2.05, 4.69) is 103 Å². The molecule has 0 saturated carbocycles. The quantitative estimate of drug-likeness (QED) is 0.306. The predicted octanol–water partition coefficient (Wildman–Crippen LogP) is 7.34. The summed E-state index contributed by atoms with van der Waals surface area (Å²) in [5, 5.41) is 4.96. The Morgan fingerprint density at radius 1 is 0.464 bits per heavy atom. The highest BCUT2D eigenvalue weighted by Gasteiger charge is 2.17. The Labute approximate surface area is 164 Å². The molecule has 5 aromatic carbocycles. The molecule has 1 heteroatoms. The Morgan fingerprint density at radius 3 is 1.54 bits per heavy atom. The smallest absolute Gasteiger partial charge is 0.119 e. The van der Waals surface area contributed by atoms with Gasteiger partial charge in [-0.05, 0) is 55.9 Å². The van der Waals surface area contributed by atoms with E-state index < -0.39 is 0 Å². The second-order valence-electron chi connectivity index (χ2n) is 6.94. The van der Waals surface area contributed by atoms with Crippen LogP contribution in [0.2, 0.25) is 0 Å². The molecule has 0 radical (unpaired) electrons. The maximum absolute atomic E-state index is 5.53. The van der Waals surface area contributed by atoms with Gasteiger partial charge in [-0.2, -0.15) is 0 Å². The first-order valence-corrected chi connectivity index (χ1v) is 9.50. The van der Waals surface area contributed by atoms with E-state index >= 15 is 0 Å². The third kappa shape index (κ3) is 2.64. The molecular weight excluding hydrogens is 340 g/mol. The van der Waals surface area contributed by atoms with Crippen LogP contribution in [-0.2, 0) is 0 Å². The largest absolute Gasteiger partial charge is 0.497 e. The standard InChI is InChI=1S/C27H20O/c1-28-21-16-17-24-25(18-21)22-14-8-9-15-23(22)26(19-10-4-2-5-11-19)27(24)20-12-6-3-7-13-20/h2-18H,1H3. The maximum atomic E-state index is 5.53. The summed E-state index contributed by atoms with van der Waals surface area (Å²) in [6.45, 7) is 0. The van der Waals surface area contributed by atoms with E-state index in [1.54, 1.807) is 7.11 Å². The first-order chi connectivity index (χ1) is 13.9. The molecule has 0 fully saturated rings. The van der Waals surface area contributed by atoms with Crippen molar-refractivity contribution >= 4 is 21.5 Å². The lowest BCUT2D eigenvalue weighted by atomic mass is 9.85. The summed E-state index contributed by atoms with van der Waals surface area (Å²) in [5.74, 6) is 0.879. The molecule has 5 rings (SSSR count). The Morgan fingerprint density at radius 2 is 0.964 bits per heavy atom. The highest BCUT2D eigenvalue weighted by atomic mass is 16.5. The summed E-state index contributed by atoms with van der Waals surface area (Å²) >= 11 is 0. The van der Waals surface area contributed by atoms with Crippen LogP contribution in [0.4, 0.5) is 0 Å².